The highest BCUT2D eigenvalue weighted by Gasteiger charge is 2.19. The van der Waals surface area contributed by atoms with Gasteiger partial charge in [0.15, 0.2) is 0 Å². The molecule has 0 amide bonds. The highest BCUT2D eigenvalue weighted by Crippen LogP contribution is 2.22. The Labute approximate surface area is 166 Å². The summed E-state index contributed by atoms with van der Waals surface area (Å²) in [5, 5.41) is 12.1. The fourth-order valence-corrected chi connectivity index (χ4v) is 4.01. The van der Waals surface area contributed by atoms with E-state index in [4.69, 9.17) is 4.52 Å². The van der Waals surface area contributed by atoms with Gasteiger partial charge in [0, 0.05) is 42.8 Å². The molecule has 28 heavy (non-hydrogen) atoms. The minimum absolute atomic E-state index is 0.615. The lowest BCUT2D eigenvalue weighted by Crippen LogP contribution is -2.42. The van der Waals surface area contributed by atoms with Gasteiger partial charge in [-0.05, 0) is 76.4 Å². The zero-order valence-electron chi connectivity index (χ0n) is 16.8. The first kappa shape index (κ1) is 18.7. The van der Waals surface area contributed by atoms with Gasteiger partial charge in [0.25, 0.3) is 0 Å². The molecular formula is C22H29N5O. The molecule has 4 rings (SSSR count). The van der Waals surface area contributed by atoms with Crippen LogP contribution in [0.3, 0.4) is 0 Å². The number of nitrogens with zero attached hydrogens (tertiary/aromatic N) is 4. The Morgan fingerprint density at radius 2 is 1.86 bits per heavy atom. The molecule has 0 saturated carbocycles. The van der Waals surface area contributed by atoms with Crippen molar-refractivity contribution >= 4 is 5.69 Å². The Hall–Kier alpha value is -2.60. The van der Waals surface area contributed by atoms with Crippen LogP contribution < -0.4 is 10.2 Å². The van der Waals surface area contributed by atoms with E-state index in [1.165, 1.54) is 24.1 Å². The third-order valence-corrected chi connectivity index (χ3v) is 5.70. The zero-order chi connectivity index (χ0) is 19.3. The van der Waals surface area contributed by atoms with Gasteiger partial charge in [0.05, 0.1) is 11.4 Å². The average Bonchev–Trinajstić information content (AvgIpc) is 3.37. The van der Waals surface area contributed by atoms with E-state index in [1.54, 1.807) is 6.20 Å². The first-order valence-corrected chi connectivity index (χ1v) is 10.2. The van der Waals surface area contributed by atoms with Gasteiger partial charge in [0.2, 0.25) is 0 Å². The second kappa shape index (κ2) is 8.61. The summed E-state index contributed by atoms with van der Waals surface area (Å²) in [4.78, 5) is 2.48. The second-order valence-electron chi connectivity index (χ2n) is 7.59. The molecule has 3 aromatic rings. The van der Waals surface area contributed by atoms with E-state index in [1.807, 2.05) is 30.8 Å². The minimum Gasteiger partial charge on any atom is -0.371 e. The SMILES string of the molecule is Cc1noc(C)c1CCCNC1CCN(c2ccc(-n3cccn3)cc2)CC1. The molecule has 1 N–H and O–H groups in total. The van der Waals surface area contributed by atoms with Crippen molar-refractivity contribution in [2.45, 2.75) is 45.6 Å². The number of anilines is 1. The maximum atomic E-state index is 5.24. The van der Waals surface area contributed by atoms with Crippen molar-refractivity contribution in [3.63, 3.8) is 0 Å². The monoisotopic (exact) mass is 379 g/mol. The molecule has 1 saturated heterocycles. The predicted molar refractivity (Wildman–Crippen MR) is 111 cm³/mol. The van der Waals surface area contributed by atoms with Crippen LogP contribution in [0, 0.1) is 13.8 Å². The van der Waals surface area contributed by atoms with Crippen LogP contribution in [0.5, 0.6) is 0 Å². The predicted octanol–water partition coefficient (Wildman–Crippen LogP) is 3.67. The Kier molecular flexibility index (Phi) is 5.76. The lowest BCUT2D eigenvalue weighted by molar-refractivity contribution is 0.391. The quantitative estimate of drug-likeness (QED) is 0.635. The van der Waals surface area contributed by atoms with Crippen LogP contribution in [0.15, 0.2) is 47.2 Å². The first-order valence-electron chi connectivity index (χ1n) is 10.2. The van der Waals surface area contributed by atoms with Crippen LogP contribution in [-0.2, 0) is 6.42 Å². The van der Waals surface area contributed by atoms with Crippen LogP contribution in [0.2, 0.25) is 0 Å². The minimum atomic E-state index is 0.615. The summed E-state index contributed by atoms with van der Waals surface area (Å²) in [6, 6.07) is 11.2. The van der Waals surface area contributed by atoms with Crippen molar-refractivity contribution in [2.24, 2.45) is 0 Å². The van der Waals surface area contributed by atoms with Crippen molar-refractivity contribution in [3.05, 3.63) is 59.7 Å². The molecule has 2 aromatic heterocycles. The van der Waals surface area contributed by atoms with E-state index >= 15 is 0 Å². The van der Waals surface area contributed by atoms with Gasteiger partial charge in [-0.1, -0.05) is 5.16 Å². The largest absolute Gasteiger partial charge is 0.371 e. The van der Waals surface area contributed by atoms with Crippen LogP contribution in [0.25, 0.3) is 5.69 Å². The molecule has 0 aliphatic carbocycles. The number of piperidine rings is 1. The Morgan fingerprint density at radius 1 is 1.11 bits per heavy atom. The van der Waals surface area contributed by atoms with Gasteiger partial charge in [-0.15, -0.1) is 0 Å². The summed E-state index contributed by atoms with van der Waals surface area (Å²) in [6.07, 6.45) is 8.31. The van der Waals surface area contributed by atoms with Crippen LogP contribution in [0.4, 0.5) is 5.69 Å². The van der Waals surface area contributed by atoms with Gasteiger partial charge >= 0.3 is 0 Å². The van der Waals surface area contributed by atoms with Gasteiger partial charge in [-0.25, -0.2) is 4.68 Å². The van der Waals surface area contributed by atoms with Crippen LogP contribution in [0.1, 0.15) is 36.3 Å². The lowest BCUT2D eigenvalue weighted by Gasteiger charge is -2.34. The number of hydrogen-bond donors (Lipinski definition) is 1. The topological polar surface area (TPSA) is 59.1 Å². The number of nitrogens with one attached hydrogen (secondary N) is 1. The molecule has 0 radical (unpaired) electrons. The van der Waals surface area contributed by atoms with E-state index in [0.29, 0.717) is 6.04 Å². The van der Waals surface area contributed by atoms with E-state index in [0.717, 1.165) is 49.6 Å². The molecule has 6 nitrogen and oxygen atoms in total. The van der Waals surface area contributed by atoms with E-state index in [9.17, 15) is 0 Å². The fraction of sp³-hybridized carbons (Fsp3) is 0.455. The van der Waals surface area contributed by atoms with Crippen LogP contribution in [-0.4, -0.2) is 40.6 Å². The summed E-state index contributed by atoms with van der Waals surface area (Å²) in [5.41, 5.74) is 4.70. The summed E-state index contributed by atoms with van der Waals surface area (Å²) in [5.74, 6) is 0.962. The zero-order valence-corrected chi connectivity index (χ0v) is 16.8. The molecule has 0 unspecified atom stereocenters. The van der Waals surface area contributed by atoms with Crippen molar-refractivity contribution in [1.29, 1.82) is 0 Å². The first-order chi connectivity index (χ1) is 13.7. The van der Waals surface area contributed by atoms with Crippen molar-refractivity contribution in [1.82, 2.24) is 20.3 Å². The third kappa shape index (κ3) is 4.28. The Bertz CT molecular complexity index is 841. The normalized spacial score (nSPS) is 15.3. The molecule has 1 fully saturated rings. The second-order valence-corrected chi connectivity index (χ2v) is 7.59. The Balaban J connectivity index is 1.20. The van der Waals surface area contributed by atoms with Crippen molar-refractivity contribution in [2.75, 3.05) is 24.5 Å². The number of hydrogen-bond acceptors (Lipinski definition) is 5. The molecule has 1 aliphatic rings. The highest BCUT2D eigenvalue weighted by atomic mass is 16.5. The smallest absolute Gasteiger partial charge is 0.137 e. The number of aryl methyl sites for hydroxylation is 2. The summed E-state index contributed by atoms with van der Waals surface area (Å²) < 4.78 is 7.14. The molecule has 0 atom stereocenters. The summed E-state index contributed by atoms with van der Waals surface area (Å²) in [6.45, 7) is 7.27. The summed E-state index contributed by atoms with van der Waals surface area (Å²) >= 11 is 0. The molecule has 1 aliphatic heterocycles. The molecule has 1 aromatic carbocycles. The molecule has 148 valence electrons. The van der Waals surface area contributed by atoms with Gasteiger partial charge in [-0.2, -0.15) is 5.10 Å². The van der Waals surface area contributed by atoms with E-state index < -0.39 is 0 Å². The molecular weight excluding hydrogens is 350 g/mol. The van der Waals surface area contributed by atoms with Crippen molar-refractivity contribution in [3.8, 4) is 5.69 Å². The third-order valence-electron chi connectivity index (χ3n) is 5.70. The van der Waals surface area contributed by atoms with Crippen molar-refractivity contribution < 1.29 is 4.52 Å². The van der Waals surface area contributed by atoms with E-state index in [2.05, 4.69) is 44.7 Å². The molecule has 3 heterocycles. The molecule has 6 heteroatoms. The lowest BCUT2D eigenvalue weighted by atomic mass is 10.0. The van der Waals surface area contributed by atoms with Gasteiger partial charge in [0.1, 0.15) is 5.76 Å². The summed E-state index contributed by atoms with van der Waals surface area (Å²) in [7, 11) is 0. The maximum Gasteiger partial charge on any atom is 0.137 e. The fourth-order valence-electron chi connectivity index (χ4n) is 4.01. The number of rotatable bonds is 7. The Morgan fingerprint density at radius 3 is 2.50 bits per heavy atom. The highest BCUT2D eigenvalue weighted by molar-refractivity contribution is 5.51. The van der Waals surface area contributed by atoms with Gasteiger partial charge < -0.3 is 14.7 Å². The van der Waals surface area contributed by atoms with Crippen LogP contribution >= 0.6 is 0 Å². The maximum absolute atomic E-state index is 5.24. The number of aromatic nitrogens is 3. The van der Waals surface area contributed by atoms with E-state index in [-0.39, 0.29) is 0 Å². The standard InChI is InChI=1S/C22H29N5O/c1-17-22(18(2)28-25-17)5-3-12-23-19-10-15-26(16-11-19)20-6-8-21(9-7-20)27-14-4-13-24-27/h4,6-9,13-14,19,23H,3,5,10-12,15-16H2,1-2H3. The molecule has 0 spiro atoms. The average molecular weight is 380 g/mol. The number of benzene rings is 1. The molecule has 0 bridgehead atoms. The van der Waals surface area contributed by atoms with Gasteiger partial charge in [-0.3, -0.25) is 0 Å².